The van der Waals surface area contributed by atoms with Gasteiger partial charge in [0.2, 0.25) is 0 Å². The molecule has 7 heteroatoms. The maximum atomic E-state index is 12.3. The van der Waals surface area contributed by atoms with Crippen molar-refractivity contribution in [2.45, 2.75) is 0 Å². The maximum Gasteiger partial charge on any atom is 0.343 e. The van der Waals surface area contributed by atoms with Gasteiger partial charge in [-0.15, -0.1) is 0 Å². The molecule has 0 atom stereocenters. The second kappa shape index (κ2) is 8.91. The first kappa shape index (κ1) is 19.2. The molecule has 0 unspecified atom stereocenters. The van der Waals surface area contributed by atoms with Gasteiger partial charge < -0.3 is 14.2 Å². The van der Waals surface area contributed by atoms with Crippen LogP contribution in [0.1, 0.15) is 26.3 Å². The Hall–Kier alpha value is -4.13. The molecule has 0 saturated carbocycles. The number of hydrogen-bond donors (Lipinski definition) is 1. The zero-order valence-electron chi connectivity index (χ0n) is 15.9. The molecule has 150 valence electrons. The van der Waals surface area contributed by atoms with Crippen LogP contribution in [0.2, 0.25) is 0 Å². The smallest absolute Gasteiger partial charge is 0.343 e. The average Bonchev–Trinajstić information content (AvgIpc) is 2.80. The maximum absolute atomic E-state index is 12.3. The second-order valence-electron chi connectivity index (χ2n) is 6.38. The van der Waals surface area contributed by atoms with Gasteiger partial charge in [0.15, 0.2) is 11.5 Å². The van der Waals surface area contributed by atoms with E-state index < -0.39 is 5.97 Å². The average molecular weight is 402 g/mol. The Bertz CT molecular complexity index is 1080. The highest BCUT2D eigenvalue weighted by Gasteiger charge is 2.14. The zero-order chi connectivity index (χ0) is 20.8. The molecular formula is C23H18N2O5. The summed E-state index contributed by atoms with van der Waals surface area (Å²) in [6.07, 6.45) is 1.50. The Morgan fingerprint density at radius 2 is 1.60 bits per heavy atom. The number of fused-ring (bicyclic) bond motifs is 1. The Balaban J connectivity index is 1.33. The fraction of sp³-hybridized carbons (Fsp3) is 0.0870. The standard InChI is InChI=1S/C23H18N2O5/c26-22(18-8-11-20-21(14-18)29-13-12-28-20)25-24-15-16-6-9-19(10-7-16)30-23(27)17-4-2-1-3-5-17/h1-11,14-15H,12-13H2,(H,25,26). The van der Waals surface area contributed by atoms with Crippen LogP contribution in [0.25, 0.3) is 0 Å². The molecule has 7 nitrogen and oxygen atoms in total. The van der Waals surface area contributed by atoms with Crippen molar-refractivity contribution in [1.82, 2.24) is 5.43 Å². The van der Waals surface area contributed by atoms with Crippen molar-refractivity contribution in [2.75, 3.05) is 13.2 Å². The summed E-state index contributed by atoms with van der Waals surface area (Å²) in [5.74, 6) is 0.787. The van der Waals surface area contributed by atoms with Crippen molar-refractivity contribution < 1.29 is 23.8 Å². The minimum atomic E-state index is -0.427. The first-order chi connectivity index (χ1) is 14.7. The fourth-order valence-corrected chi connectivity index (χ4v) is 2.78. The fourth-order valence-electron chi connectivity index (χ4n) is 2.78. The van der Waals surface area contributed by atoms with Gasteiger partial charge in [-0.2, -0.15) is 5.10 Å². The number of esters is 1. The molecule has 0 saturated heterocycles. The van der Waals surface area contributed by atoms with Crippen molar-refractivity contribution in [3.8, 4) is 17.2 Å². The Morgan fingerprint density at radius 1 is 0.867 bits per heavy atom. The number of carbonyl (C=O) groups excluding carboxylic acids is 2. The summed E-state index contributed by atoms with van der Waals surface area (Å²) in [4.78, 5) is 24.3. The van der Waals surface area contributed by atoms with Crippen molar-refractivity contribution in [1.29, 1.82) is 0 Å². The summed E-state index contributed by atoms with van der Waals surface area (Å²) in [6.45, 7) is 0.944. The highest BCUT2D eigenvalue weighted by atomic mass is 16.6. The monoisotopic (exact) mass is 402 g/mol. The SMILES string of the molecule is O=C(NN=Cc1ccc(OC(=O)c2ccccc2)cc1)c1ccc2c(c1)OCCO2. The van der Waals surface area contributed by atoms with Gasteiger partial charge in [-0.25, -0.2) is 10.2 Å². The predicted octanol–water partition coefficient (Wildman–Crippen LogP) is 3.44. The van der Waals surface area contributed by atoms with Gasteiger partial charge in [0.25, 0.3) is 5.91 Å². The van der Waals surface area contributed by atoms with E-state index in [0.717, 1.165) is 5.56 Å². The molecule has 1 aliphatic rings. The molecule has 1 N–H and O–H groups in total. The summed E-state index contributed by atoms with van der Waals surface area (Å²) in [7, 11) is 0. The molecule has 3 aromatic rings. The number of rotatable bonds is 5. The van der Waals surface area contributed by atoms with E-state index in [1.54, 1.807) is 66.7 Å². The third-order valence-electron chi connectivity index (χ3n) is 4.28. The number of hydrazone groups is 1. The Labute approximate surface area is 172 Å². The van der Waals surface area contributed by atoms with E-state index in [2.05, 4.69) is 10.5 Å². The van der Waals surface area contributed by atoms with Crippen LogP contribution >= 0.6 is 0 Å². The van der Waals surface area contributed by atoms with Crippen LogP contribution < -0.4 is 19.6 Å². The van der Waals surface area contributed by atoms with E-state index >= 15 is 0 Å². The molecule has 0 aliphatic carbocycles. The van der Waals surface area contributed by atoms with Gasteiger partial charge >= 0.3 is 5.97 Å². The number of hydrogen-bond acceptors (Lipinski definition) is 6. The van der Waals surface area contributed by atoms with Crippen molar-refractivity contribution >= 4 is 18.1 Å². The van der Waals surface area contributed by atoms with E-state index in [4.69, 9.17) is 14.2 Å². The first-order valence-electron chi connectivity index (χ1n) is 9.29. The summed E-state index contributed by atoms with van der Waals surface area (Å²) in [5.41, 5.74) is 4.10. The lowest BCUT2D eigenvalue weighted by Gasteiger charge is -2.18. The molecule has 30 heavy (non-hydrogen) atoms. The third-order valence-corrected chi connectivity index (χ3v) is 4.28. The topological polar surface area (TPSA) is 86.2 Å². The minimum absolute atomic E-state index is 0.364. The molecule has 0 aromatic heterocycles. The van der Waals surface area contributed by atoms with Gasteiger partial charge in [-0.3, -0.25) is 4.79 Å². The molecule has 1 aliphatic heterocycles. The molecule has 0 radical (unpaired) electrons. The van der Waals surface area contributed by atoms with Crippen molar-refractivity contribution in [3.05, 3.63) is 89.5 Å². The van der Waals surface area contributed by atoms with Gasteiger partial charge in [-0.1, -0.05) is 18.2 Å². The Morgan fingerprint density at radius 3 is 2.37 bits per heavy atom. The number of carbonyl (C=O) groups is 2. The van der Waals surface area contributed by atoms with Gasteiger partial charge in [-0.05, 0) is 60.2 Å². The largest absolute Gasteiger partial charge is 0.486 e. The van der Waals surface area contributed by atoms with Gasteiger partial charge in [0.1, 0.15) is 19.0 Å². The van der Waals surface area contributed by atoms with E-state index in [1.165, 1.54) is 6.21 Å². The van der Waals surface area contributed by atoms with Gasteiger partial charge in [0.05, 0.1) is 11.8 Å². The second-order valence-corrected chi connectivity index (χ2v) is 6.38. The van der Waals surface area contributed by atoms with Crippen LogP contribution in [0.15, 0.2) is 77.9 Å². The van der Waals surface area contributed by atoms with Crippen LogP contribution in [-0.4, -0.2) is 31.3 Å². The van der Waals surface area contributed by atoms with E-state index in [-0.39, 0.29) is 5.91 Å². The molecular weight excluding hydrogens is 384 g/mol. The quantitative estimate of drug-likeness (QED) is 0.306. The summed E-state index contributed by atoms with van der Waals surface area (Å²) < 4.78 is 16.2. The van der Waals surface area contributed by atoms with Crippen LogP contribution in [0, 0.1) is 0 Å². The molecule has 1 amide bonds. The lowest BCUT2D eigenvalue weighted by molar-refractivity contribution is 0.0734. The molecule has 1 heterocycles. The molecule has 0 spiro atoms. The number of benzene rings is 3. The molecule has 0 fully saturated rings. The van der Waals surface area contributed by atoms with E-state index in [9.17, 15) is 9.59 Å². The first-order valence-corrected chi connectivity index (χ1v) is 9.29. The van der Waals surface area contributed by atoms with Crippen molar-refractivity contribution in [2.24, 2.45) is 5.10 Å². The summed E-state index contributed by atoms with van der Waals surface area (Å²) in [6, 6.07) is 20.5. The van der Waals surface area contributed by atoms with Crippen LogP contribution in [0.5, 0.6) is 17.2 Å². The molecule has 3 aromatic carbocycles. The molecule has 0 bridgehead atoms. The van der Waals surface area contributed by atoms with Crippen molar-refractivity contribution in [3.63, 3.8) is 0 Å². The van der Waals surface area contributed by atoms with Crippen LogP contribution in [0.4, 0.5) is 0 Å². The number of amides is 1. The number of nitrogens with zero attached hydrogens (tertiary/aromatic N) is 1. The van der Waals surface area contributed by atoms with Gasteiger partial charge in [0, 0.05) is 5.56 Å². The third kappa shape index (κ3) is 4.64. The van der Waals surface area contributed by atoms with E-state index in [1.807, 2.05) is 6.07 Å². The normalized spacial score (nSPS) is 12.4. The summed E-state index contributed by atoms with van der Waals surface area (Å²) >= 11 is 0. The molecule has 4 rings (SSSR count). The number of ether oxygens (including phenoxy) is 3. The number of nitrogens with one attached hydrogen (secondary N) is 1. The predicted molar refractivity (Wildman–Crippen MR) is 110 cm³/mol. The Kier molecular flexibility index (Phi) is 5.70. The highest BCUT2D eigenvalue weighted by Crippen LogP contribution is 2.30. The highest BCUT2D eigenvalue weighted by molar-refractivity contribution is 5.95. The lowest BCUT2D eigenvalue weighted by atomic mass is 10.2. The van der Waals surface area contributed by atoms with E-state index in [0.29, 0.717) is 41.6 Å². The van der Waals surface area contributed by atoms with Crippen LogP contribution in [0.3, 0.4) is 0 Å². The van der Waals surface area contributed by atoms with Crippen LogP contribution in [-0.2, 0) is 0 Å². The minimum Gasteiger partial charge on any atom is -0.486 e. The zero-order valence-corrected chi connectivity index (χ0v) is 15.9. The lowest BCUT2D eigenvalue weighted by Crippen LogP contribution is -2.19. The summed E-state index contributed by atoms with van der Waals surface area (Å²) in [5, 5.41) is 3.96.